The van der Waals surface area contributed by atoms with Gasteiger partial charge in [0.2, 0.25) is 0 Å². The summed E-state index contributed by atoms with van der Waals surface area (Å²) in [7, 11) is 0. The van der Waals surface area contributed by atoms with E-state index in [1.54, 1.807) is 0 Å². The molecule has 0 radical (unpaired) electrons. The second-order valence-electron chi connectivity index (χ2n) is 6.11. The van der Waals surface area contributed by atoms with Crippen molar-refractivity contribution in [3.8, 4) is 11.5 Å². The molecule has 1 heterocycles. The first-order valence-corrected chi connectivity index (χ1v) is 8.00. The zero-order valence-electron chi connectivity index (χ0n) is 13.7. The molecule has 1 aliphatic heterocycles. The number of fused-ring (bicyclic) bond motifs is 1. The van der Waals surface area contributed by atoms with Crippen LogP contribution in [0, 0.1) is 11.7 Å². The van der Waals surface area contributed by atoms with Crippen LogP contribution >= 0.6 is 0 Å². The van der Waals surface area contributed by atoms with Gasteiger partial charge in [-0.2, -0.15) is 0 Å². The SMILES string of the molecule is CC(C)C(NC(=O)c1ccc(F)cc1)c1ccc2c(c1)OCCO2. The first-order valence-electron chi connectivity index (χ1n) is 8.00. The molecule has 1 N–H and O–H groups in total. The highest BCUT2D eigenvalue weighted by Crippen LogP contribution is 2.34. The van der Waals surface area contributed by atoms with Crippen molar-refractivity contribution in [3.63, 3.8) is 0 Å². The highest BCUT2D eigenvalue weighted by atomic mass is 19.1. The van der Waals surface area contributed by atoms with Crippen LogP contribution in [0.1, 0.15) is 35.8 Å². The van der Waals surface area contributed by atoms with Gasteiger partial charge in [0.15, 0.2) is 11.5 Å². The summed E-state index contributed by atoms with van der Waals surface area (Å²) < 4.78 is 24.2. The van der Waals surface area contributed by atoms with Gasteiger partial charge in [-0.05, 0) is 47.9 Å². The zero-order chi connectivity index (χ0) is 17.1. The molecule has 0 aromatic heterocycles. The topological polar surface area (TPSA) is 47.6 Å². The lowest BCUT2D eigenvalue weighted by Crippen LogP contribution is -2.31. The lowest BCUT2D eigenvalue weighted by molar-refractivity contribution is 0.0925. The number of halogens is 1. The van der Waals surface area contributed by atoms with Crippen LogP contribution in [-0.4, -0.2) is 19.1 Å². The standard InChI is InChI=1S/C19H20FNO3/c1-12(2)18(21-19(22)13-3-6-15(20)7-4-13)14-5-8-16-17(11-14)24-10-9-23-16/h3-8,11-12,18H,9-10H2,1-2H3,(H,21,22). The van der Waals surface area contributed by atoms with E-state index in [1.165, 1.54) is 24.3 Å². The second-order valence-corrected chi connectivity index (χ2v) is 6.11. The minimum absolute atomic E-state index is 0.178. The largest absolute Gasteiger partial charge is 0.486 e. The van der Waals surface area contributed by atoms with E-state index in [1.807, 2.05) is 32.0 Å². The number of carbonyl (C=O) groups excluding carboxylic acids is 1. The van der Waals surface area contributed by atoms with E-state index in [9.17, 15) is 9.18 Å². The van der Waals surface area contributed by atoms with Crippen molar-refractivity contribution >= 4 is 5.91 Å². The predicted octanol–water partition coefficient (Wildman–Crippen LogP) is 3.72. The third kappa shape index (κ3) is 3.50. The van der Waals surface area contributed by atoms with Crippen molar-refractivity contribution in [2.75, 3.05) is 13.2 Å². The van der Waals surface area contributed by atoms with Gasteiger partial charge in [-0.15, -0.1) is 0 Å². The molecule has 5 heteroatoms. The molecular formula is C19H20FNO3. The summed E-state index contributed by atoms with van der Waals surface area (Å²) in [5.74, 6) is 0.997. The van der Waals surface area contributed by atoms with Crippen molar-refractivity contribution in [1.29, 1.82) is 0 Å². The zero-order valence-corrected chi connectivity index (χ0v) is 13.7. The minimum Gasteiger partial charge on any atom is -0.486 e. The quantitative estimate of drug-likeness (QED) is 0.930. The van der Waals surface area contributed by atoms with E-state index >= 15 is 0 Å². The number of hydrogen-bond acceptors (Lipinski definition) is 3. The van der Waals surface area contributed by atoms with E-state index in [4.69, 9.17) is 9.47 Å². The van der Waals surface area contributed by atoms with Crippen molar-refractivity contribution in [3.05, 3.63) is 59.4 Å². The maximum atomic E-state index is 13.0. The molecule has 1 atom stereocenters. The fourth-order valence-electron chi connectivity index (χ4n) is 2.71. The molecule has 0 bridgehead atoms. The third-order valence-electron chi connectivity index (χ3n) is 3.99. The van der Waals surface area contributed by atoms with Gasteiger partial charge in [0.25, 0.3) is 5.91 Å². The van der Waals surface area contributed by atoms with Gasteiger partial charge in [0, 0.05) is 5.56 Å². The van der Waals surface area contributed by atoms with Crippen LogP contribution in [0.4, 0.5) is 4.39 Å². The number of hydrogen-bond donors (Lipinski definition) is 1. The van der Waals surface area contributed by atoms with Crippen molar-refractivity contribution in [2.24, 2.45) is 5.92 Å². The first kappa shape index (κ1) is 16.3. The van der Waals surface area contributed by atoms with E-state index in [-0.39, 0.29) is 23.7 Å². The van der Waals surface area contributed by atoms with Gasteiger partial charge < -0.3 is 14.8 Å². The molecule has 24 heavy (non-hydrogen) atoms. The van der Waals surface area contributed by atoms with E-state index in [0.29, 0.717) is 24.5 Å². The molecule has 1 unspecified atom stereocenters. The lowest BCUT2D eigenvalue weighted by atomic mass is 9.95. The van der Waals surface area contributed by atoms with Gasteiger partial charge >= 0.3 is 0 Å². The Labute approximate surface area is 140 Å². The Morgan fingerprint density at radius 3 is 2.38 bits per heavy atom. The molecule has 1 aliphatic rings. The van der Waals surface area contributed by atoms with Crippen LogP contribution in [0.5, 0.6) is 11.5 Å². The Bertz CT molecular complexity index is 728. The summed E-state index contributed by atoms with van der Waals surface area (Å²) >= 11 is 0. The second kappa shape index (κ2) is 6.91. The average molecular weight is 329 g/mol. The van der Waals surface area contributed by atoms with E-state index < -0.39 is 0 Å². The predicted molar refractivity (Wildman–Crippen MR) is 88.9 cm³/mol. The van der Waals surface area contributed by atoms with Gasteiger partial charge in [-0.25, -0.2) is 4.39 Å². The van der Waals surface area contributed by atoms with Crippen LogP contribution in [0.15, 0.2) is 42.5 Å². The Kier molecular flexibility index (Phi) is 4.69. The summed E-state index contributed by atoms with van der Waals surface area (Å²) in [6.45, 7) is 5.13. The van der Waals surface area contributed by atoms with Crippen LogP contribution < -0.4 is 14.8 Å². The molecule has 126 valence electrons. The lowest BCUT2D eigenvalue weighted by Gasteiger charge is -2.25. The molecular weight excluding hydrogens is 309 g/mol. The number of benzene rings is 2. The highest BCUT2D eigenvalue weighted by molar-refractivity contribution is 5.94. The van der Waals surface area contributed by atoms with Gasteiger partial charge in [-0.3, -0.25) is 4.79 Å². The first-order chi connectivity index (χ1) is 11.5. The Morgan fingerprint density at radius 1 is 1.04 bits per heavy atom. The van der Waals surface area contributed by atoms with E-state index in [0.717, 1.165) is 11.3 Å². The number of ether oxygens (including phenoxy) is 2. The molecule has 2 aromatic carbocycles. The van der Waals surface area contributed by atoms with Crippen LogP contribution in [0.25, 0.3) is 0 Å². The monoisotopic (exact) mass is 329 g/mol. The number of carbonyl (C=O) groups is 1. The molecule has 1 amide bonds. The maximum Gasteiger partial charge on any atom is 0.251 e. The van der Waals surface area contributed by atoms with Gasteiger partial charge in [0.1, 0.15) is 19.0 Å². The molecule has 4 nitrogen and oxygen atoms in total. The molecule has 2 aromatic rings. The highest BCUT2D eigenvalue weighted by Gasteiger charge is 2.22. The molecule has 0 saturated heterocycles. The number of rotatable bonds is 4. The summed E-state index contributed by atoms with van der Waals surface area (Å²) in [6.07, 6.45) is 0. The normalized spacial score (nSPS) is 14.3. The molecule has 0 aliphatic carbocycles. The summed E-state index contributed by atoms with van der Waals surface area (Å²) in [6, 6.07) is 11.0. The summed E-state index contributed by atoms with van der Waals surface area (Å²) in [5, 5.41) is 3.02. The van der Waals surface area contributed by atoms with Gasteiger partial charge in [0.05, 0.1) is 6.04 Å². The number of amides is 1. The fourth-order valence-corrected chi connectivity index (χ4v) is 2.71. The Morgan fingerprint density at radius 2 is 1.71 bits per heavy atom. The minimum atomic E-state index is -0.362. The number of nitrogens with one attached hydrogen (secondary N) is 1. The molecule has 0 fully saturated rings. The average Bonchev–Trinajstić information content (AvgIpc) is 2.59. The van der Waals surface area contributed by atoms with Crippen LogP contribution in [-0.2, 0) is 0 Å². The van der Waals surface area contributed by atoms with Crippen molar-refractivity contribution < 1.29 is 18.7 Å². The molecule has 3 rings (SSSR count). The maximum absolute atomic E-state index is 13.0. The smallest absolute Gasteiger partial charge is 0.251 e. The summed E-state index contributed by atoms with van der Waals surface area (Å²) in [5.41, 5.74) is 1.38. The van der Waals surface area contributed by atoms with Crippen LogP contribution in [0.3, 0.4) is 0 Å². The molecule has 0 saturated carbocycles. The Hall–Kier alpha value is -2.56. The van der Waals surface area contributed by atoms with Gasteiger partial charge in [-0.1, -0.05) is 19.9 Å². The van der Waals surface area contributed by atoms with E-state index in [2.05, 4.69) is 5.32 Å². The van der Waals surface area contributed by atoms with Crippen LogP contribution in [0.2, 0.25) is 0 Å². The summed E-state index contributed by atoms with van der Waals surface area (Å²) in [4.78, 5) is 12.4. The Balaban J connectivity index is 1.82. The fraction of sp³-hybridized carbons (Fsp3) is 0.316. The van der Waals surface area contributed by atoms with Crippen molar-refractivity contribution in [2.45, 2.75) is 19.9 Å². The molecule has 0 spiro atoms. The third-order valence-corrected chi connectivity index (χ3v) is 3.99. The van der Waals surface area contributed by atoms with Crippen molar-refractivity contribution in [1.82, 2.24) is 5.32 Å².